The van der Waals surface area contributed by atoms with Crippen molar-refractivity contribution in [2.75, 3.05) is 0 Å². The topological polar surface area (TPSA) is 26.0 Å². The summed E-state index contributed by atoms with van der Waals surface area (Å²) in [6.07, 6.45) is 2.90. The van der Waals surface area contributed by atoms with Crippen LogP contribution in [-0.4, -0.2) is 6.04 Å². The maximum absolute atomic E-state index is 5.88. The van der Waals surface area contributed by atoms with Crippen molar-refractivity contribution in [3.8, 4) is 0 Å². The van der Waals surface area contributed by atoms with E-state index in [0.29, 0.717) is 6.04 Å². The lowest BCUT2D eigenvalue weighted by Crippen LogP contribution is -2.33. The molecule has 10 heavy (non-hydrogen) atoms. The van der Waals surface area contributed by atoms with Crippen molar-refractivity contribution >= 4 is 0 Å². The smallest absolute Gasteiger partial charge is 0.00416 e. The van der Waals surface area contributed by atoms with Gasteiger partial charge < -0.3 is 5.73 Å². The van der Waals surface area contributed by atoms with Crippen LogP contribution < -0.4 is 5.73 Å². The Morgan fingerprint density at radius 1 is 1.40 bits per heavy atom. The van der Waals surface area contributed by atoms with E-state index in [9.17, 15) is 0 Å². The van der Waals surface area contributed by atoms with Gasteiger partial charge in [0.25, 0.3) is 0 Å². The molecular weight excluding hydrogens is 122 g/mol. The van der Waals surface area contributed by atoms with Gasteiger partial charge in [0, 0.05) is 6.04 Å². The van der Waals surface area contributed by atoms with Gasteiger partial charge in [-0.15, -0.1) is 0 Å². The van der Waals surface area contributed by atoms with Gasteiger partial charge in [-0.1, -0.05) is 6.92 Å². The Balaban J connectivity index is 2.04. The summed E-state index contributed by atoms with van der Waals surface area (Å²) < 4.78 is 0. The van der Waals surface area contributed by atoms with Gasteiger partial charge in [0.15, 0.2) is 0 Å². The number of fused-ring (bicyclic) bond motifs is 1. The lowest BCUT2D eigenvalue weighted by Gasteiger charge is -2.34. The fourth-order valence-corrected chi connectivity index (χ4v) is 2.94. The van der Waals surface area contributed by atoms with E-state index >= 15 is 0 Å². The van der Waals surface area contributed by atoms with Gasteiger partial charge >= 0.3 is 0 Å². The highest BCUT2D eigenvalue weighted by Crippen LogP contribution is 2.57. The molecule has 0 aromatic rings. The summed E-state index contributed by atoms with van der Waals surface area (Å²) in [5.41, 5.74) is 5.88. The van der Waals surface area contributed by atoms with Crippen molar-refractivity contribution in [2.45, 2.75) is 32.7 Å². The SMILES string of the molecule is CC(N)[C@H]1CC2CC1[C@H]2C. The van der Waals surface area contributed by atoms with Crippen LogP contribution in [0.5, 0.6) is 0 Å². The normalized spacial score (nSPS) is 54.3. The number of nitrogens with two attached hydrogens (primary N) is 1. The first-order valence-corrected chi connectivity index (χ1v) is 4.45. The predicted octanol–water partition coefficient (Wildman–Crippen LogP) is 1.63. The predicted molar refractivity (Wildman–Crippen MR) is 42.5 cm³/mol. The zero-order valence-corrected chi connectivity index (χ0v) is 6.88. The van der Waals surface area contributed by atoms with E-state index in [4.69, 9.17) is 5.73 Å². The average Bonchev–Trinajstić information content (AvgIpc) is 2.40. The largest absolute Gasteiger partial charge is 0.328 e. The van der Waals surface area contributed by atoms with Gasteiger partial charge in [-0.05, 0) is 43.4 Å². The fourth-order valence-electron chi connectivity index (χ4n) is 2.94. The van der Waals surface area contributed by atoms with Crippen molar-refractivity contribution < 1.29 is 0 Å². The number of rotatable bonds is 1. The monoisotopic (exact) mass is 139 g/mol. The highest BCUT2D eigenvalue weighted by atomic mass is 14.7. The second-order valence-corrected chi connectivity index (χ2v) is 4.28. The maximum Gasteiger partial charge on any atom is 0.00416 e. The van der Waals surface area contributed by atoms with Gasteiger partial charge in [-0.3, -0.25) is 0 Å². The number of hydrogen-bond acceptors (Lipinski definition) is 1. The second kappa shape index (κ2) is 1.97. The van der Waals surface area contributed by atoms with E-state index in [2.05, 4.69) is 13.8 Å². The van der Waals surface area contributed by atoms with E-state index in [1.54, 1.807) is 0 Å². The van der Waals surface area contributed by atoms with Crippen LogP contribution >= 0.6 is 0 Å². The van der Waals surface area contributed by atoms with Gasteiger partial charge in [-0.25, -0.2) is 0 Å². The third kappa shape index (κ3) is 0.672. The Morgan fingerprint density at radius 2 is 2.10 bits per heavy atom. The average molecular weight is 139 g/mol. The lowest BCUT2D eigenvalue weighted by atomic mass is 9.71. The molecule has 0 aromatic heterocycles. The van der Waals surface area contributed by atoms with Gasteiger partial charge in [0.1, 0.15) is 0 Å². The van der Waals surface area contributed by atoms with Crippen molar-refractivity contribution in [1.82, 2.24) is 0 Å². The van der Waals surface area contributed by atoms with Crippen LogP contribution in [-0.2, 0) is 0 Å². The molecule has 0 aliphatic heterocycles. The summed E-state index contributed by atoms with van der Waals surface area (Å²) in [5, 5.41) is 0. The summed E-state index contributed by atoms with van der Waals surface area (Å²) in [4.78, 5) is 0. The zero-order valence-electron chi connectivity index (χ0n) is 6.88. The van der Waals surface area contributed by atoms with E-state index in [1.807, 2.05) is 0 Å². The molecule has 3 fully saturated rings. The molecule has 0 aromatic carbocycles. The van der Waals surface area contributed by atoms with Gasteiger partial charge in [0.05, 0.1) is 0 Å². The minimum absolute atomic E-state index is 0.444. The van der Waals surface area contributed by atoms with E-state index in [1.165, 1.54) is 12.8 Å². The van der Waals surface area contributed by atoms with Crippen LogP contribution in [0, 0.1) is 23.7 Å². The Kier molecular flexibility index (Phi) is 1.31. The molecule has 0 heterocycles. The summed E-state index contributed by atoms with van der Waals surface area (Å²) in [7, 11) is 0. The van der Waals surface area contributed by atoms with Crippen molar-refractivity contribution in [3.63, 3.8) is 0 Å². The third-order valence-corrected chi connectivity index (χ3v) is 3.79. The highest BCUT2D eigenvalue weighted by Gasteiger charge is 2.51. The molecule has 3 saturated carbocycles. The molecular formula is C9H17N. The van der Waals surface area contributed by atoms with Crippen molar-refractivity contribution in [1.29, 1.82) is 0 Å². The molecule has 0 amide bonds. The summed E-state index contributed by atoms with van der Waals surface area (Å²) >= 11 is 0. The molecule has 0 saturated heterocycles. The second-order valence-electron chi connectivity index (χ2n) is 4.28. The minimum atomic E-state index is 0.444. The zero-order chi connectivity index (χ0) is 7.30. The highest BCUT2D eigenvalue weighted by molar-refractivity contribution is 5.01. The number of hydrogen-bond donors (Lipinski definition) is 1. The van der Waals surface area contributed by atoms with Crippen molar-refractivity contribution in [2.24, 2.45) is 29.4 Å². The summed E-state index contributed by atoms with van der Waals surface area (Å²) in [6, 6.07) is 0.444. The van der Waals surface area contributed by atoms with Crippen molar-refractivity contribution in [3.05, 3.63) is 0 Å². The molecule has 5 atom stereocenters. The van der Waals surface area contributed by atoms with Crippen LogP contribution in [0.15, 0.2) is 0 Å². The fraction of sp³-hybridized carbons (Fsp3) is 1.00. The van der Waals surface area contributed by atoms with Gasteiger partial charge in [-0.2, -0.15) is 0 Å². The lowest BCUT2D eigenvalue weighted by molar-refractivity contribution is 0.153. The molecule has 2 N–H and O–H groups in total. The first-order chi connectivity index (χ1) is 4.70. The Bertz CT molecular complexity index is 142. The molecule has 1 heteroatoms. The van der Waals surface area contributed by atoms with Crippen LogP contribution in [0.25, 0.3) is 0 Å². The van der Waals surface area contributed by atoms with Crippen LogP contribution in [0.1, 0.15) is 26.7 Å². The molecule has 2 bridgehead atoms. The standard InChI is InChI=1S/C9H17N/c1-5-7-3-8(5)9(4-7)6(2)10/h5-9H,3-4,10H2,1-2H3/t5-,6?,7?,8?,9+/m0/s1. The summed E-state index contributed by atoms with van der Waals surface area (Å²) in [6.45, 7) is 4.55. The first-order valence-electron chi connectivity index (χ1n) is 4.45. The molecule has 3 aliphatic rings. The van der Waals surface area contributed by atoms with E-state index in [0.717, 1.165) is 23.7 Å². The quantitative estimate of drug-likeness (QED) is 0.587. The van der Waals surface area contributed by atoms with E-state index < -0.39 is 0 Å². The van der Waals surface area contributed by atoms with Gasteiger partial charge in [0.2, 0.25) is 0 Å². The molecule has 0 radical (unpaired) electrons. The molecule has 3 unspecified atom stereocenters. The van der Waals surface area contributed by atoms with Crippen LogP contribution in [0.3, 0.4) is 0 Å². The molecule has 3 aliphatic carbocycles. The Morgan fingerprint density at radius 3 is 2.30 bits per heavy atom. The molecule has 58 valence electrons. The Labute approximate surface area is 63.0 Å². The maximum atomic E-state index is 5.88. The first kappa shape index (κ1) is 6.66. The molecule has 0 spiro atoms. The molecule has 3 rings (SSSR count). The molecule has 1 nitrogen and oxygen atoms in total. The van der Waals surface area contributed by atoms with Crippen LogP contribution in [0.4, 0.5) is 0 Å². The summed E-state index contributed by atoms with van der Waals surface area (Å²) in [5.74, 6) is 3.89. The van der Waals surface area contributed by atoms with Crippen LogP contribution in [0.2, 0.25) is 0 Å². The van der Waals surface area contributed by atoms with E-state index in [-0.39, 0.29) is 0 Å². The Hall–Kier alpha value is -0.0400. The third-order valence-electron chi connectivity index (χ3n) is 3.79. The minimum Gasteiger partial charge on any atom is -0.328 e.